The first-order valence-electron chi connectivity index (χ1n) is 15.6. The molecular formula is C39H29ClF6O5. The van der Waals surface area contributed by atoms with E-state index < -0.39 is 40.2 Å². The number of aromatic hydroxyl groups is 1. The van der Waals surface area contributed by atoms with Gasteiger partial charge >= 0.3 is 12.4 Å². The molecule has 264 valence electrons. The lowest BCUT2D eigenvalue weighted by molar-refractivity contribution is -0.143. The summed E-state index contributed by atoms with van der Waals surface area (Å²) in [6, 6.07) is 16.3. The third-order valence-corrected chi connectivity index (χ3v) is 10.1. The van der Waals surface area contributed by atoms with Gasteiger partial charge in [-0.1, -0.05) is 55.8 Å². The van der Waals surface area contributed by atoms with E-state index in [1.807, 2.05) is 0 Å². The zero-order valence-electron chi connectivity index (χ0n) is 27.7. The molecule has 5 aromatic carbocycles. The van der Waals surface area contributed by atoms with Gasteiger partial charge in [-0.3, -0.25) is 0 Å². The van der Waals surface area contributed by atoms with Crippen molar-refractivity contribution in [2.45, 2.75) is 37.2 Å². The summed E-state index contributed by atoms with van der Waals surface area (Å²) >= 11 is 6.97. The zero-order chi connectivity index (χ0) is 36.8. The Morgan fingerprint density at radius 1 is 0.745 bits per heavy atom. The van der Waals surface area contributed by atoms with Crippen LogP contribution in [0.4, 0.5) is 26.3 Å². The number of phenols is 1. The number of hydrogen-bond donors (Lipinski definition) is 1. The van der Waals surface area contributed by atoms with Crippen molar-refractivity contribution in [3.63, 3.8) is 0 Å². The van der Waals surface area contributed by atoms with Crippen LogP contribution in [0.1, 0.15) is 52.8 Å². The van der Waals surface area contributed by atoms with Gasteiger partial charge < -0.3 is 24.1 Å². The van der Waals surface area contributed by atoms with Crippen molar-refractivity contribution in [2.75, 3.05) is 21.3 Å². The molecule has 1 N–H and O–H groups in total. The number of hydrogen-bond acceptors (Lipinski definition) is 5. The Bertz CT molecular complexity index is 2210. The maximum absolute atomic E-state index is 14.7. The first-order valence-corrected chi connectivity index (χ1v) is 16.0. The van der Waals surface area contributed by atoms with E-state index >= 15 is 0 Å². The first kappa shape index (κ1) is 34.4. The van der Waals surface area contributed by atoms with Gasteiger partial charge in [-0.05, 0) is 76.2 Å². The Balaban J connectivity index is 1.63. The largest absolute Gasteiger partial charge is 0.504 e. The zero-order valence-corrected chi connectivity index (χ0v) is 28.5. The Labute approximate surface area is 293 Å². The number of ether oxygens (including phenoxy) is 4. The lowest BCUT2D eigenvalue weighted by atomic mass is 9.75. The van der Waals surface area contributed by atoms with Gasteiger partial charge in [0, 0.05) is 27.5 Å². The molecule has 0 amide bonds. The molecule has 5 nitrogen and oxygen atoms in total. The molecule has 0 fully saturated rings. The van der Waals surface area contributed by atoms with Gasteiger partial charge in [0.15, 0.2) is 17.1 Å². The molecule has 0 saturated carbocycles. The summed E-state index contributed by atoms with van der Waals surface area (Å²) in [5.41, 5.74) is -4.42. The molecule has 0 radical (unpaired) electrons. The number of phenolic OH excluding ortho intramolecular Hbond substituents is 1. The molecule has 0 unspecified atom stereocenters. The number of halogens is 7. The van der Waals surface area contributed by atoms with Crippen molar-refractivity contribution in [2.24, 2.45) is 0 Å². The van der Waals surface area contributed by atoms with E-state index in [0.29, 0.717) is 28.2 Å². The highest BCUT2D eigenvalue weighted by atomic mass is 35.5. The van der Waals surface area contributed by atoms with Crippen LogP contribution in [0.15, 0.2) is 72.8 Å². The van der Waals surface area contributed by atoms with Gasteiger partial charge in [0.25, 0.3) is 0 Å². The highest BCUT2D eigenvalue weighted by Crippen LogP contribution is 2.62. The second-order valence-corrected chi connectivity index (χ2v) is 13.2. The number of rotatable bonds is 5. The molecule has 0 aromatic heterocycles. The molecule has 7 rings (SSSR count). The van der Waals surface area contributed by atoms with Gasteiger partial charge in [-0.25, -0.2) is 0 Å². The standard InChI is InChI=1S/C39H29ClF6O5/c1-36(2)31-26(16-21(38(41,42)43)17-27(31)39(44,45)46)29-25-18-28(47)35(50-5)33(40)30(25)34-24(32(29)36)14-15-37(51-34,19-6-10-22(48-3)11-7-19)20-8-12-23(49-4)13-9-20/h6-18,47H,1-5H3. The van der Waals surface area contributed by atoms with Crippen molar-refractivity contribution in [3.05, 3.63) is 117 Å². The van der Waals surface area contributed by atoms with E-state index in [-0.39, 0.29) is 55.6 Å². The molecule has 12 heteroatoms. The van der Waals surface area contributed by atoms with Gasteiger partial charge in [-0.15, -0.1) is 0 Å². The monoisotopic (exact) mass is 726 g/mol. The first-order chi connectivity index (χ1) is 24.0. The van der Waals surface area contributed by atoms with Crippen molar-refractivity contribution in [3.8, 4) is 39.9 Å². The SMILES string of the molecule is COc1ccc(C2(c3ccc(OC)cc3)C=Cc3c4c(c5cc(O)c(OC)c(Cl)c5c3O2)-c2cc(C(F)(F)F)cc(C(F)(F)F)c2C4(C)C)cc1. The van der Waals surface area contributed by atoms with Crippen LogP contribution in [0.3, 0.4) is 0 Å². The van der Waals surface area contributed by atoms with Crippen LogP contribution < -0.4 is 18.9 Å². The summed E-state index contributed by atoms with van der Waals surface area (Å²) in [6.07, 6.45) is -6.77. The minimum atomic E-state index is -5.13. The predicted octanol–water partition coefficient (Wildman–Crippen LogP) is 10.9. The summed E-state index contributed by atoms with van der Waals surface area (Å²) in [6.45, 7) is 3.06. The molecule has 0 spiro atoms. The molecule has 0 atom stereocenters. The minimum absolute atomic E-state index is 0.0647. The number of methoxy groups -OCH3 is 3. The van der Waals surface area contributed by atoms with E-state index in [0.717, 1.165) is 6.07 Å². The predicted molar refractivity (Wildman–Crippen MR) is 181 cm³/mol. The van der Waals surface area contributed by atoms with E-state index in [2.05, 4.69) is 0 Å². The normalized spacial score (nSPS) is 15.5. The van der Waals surface area contributed by atoms with E-state index in [9.17, 15) is 31.4 Å². The smallest absolute Gasteiger partial charge is 0.416 e. The van der Waals surface area contributed by atoms with Crippen LogP contribution >= 0.6 is 11.6 Å². The summed E-state index contributed by atoms with van der Waals surface area (Å²) in [7, 11) is 4.33. The molecular weight excluding hydrogens is 698 g/mol. The fraction of sp³-hybridized carbons (Fsp3) is 0.231. The summed E-state index contributed by atoms with van der Waals surface area (Å²) < 4.78 is 110. The van der Waals surface area contributed by atoms with Crippen molar-refractivity contribution in [1.82, 2.24) is 0 Å². The molecule has 0 bridgehead atoms. The lowest BCUT2D eigenvalue weighted by Crippen LogP contribution is -2.35. The van der Waals surface area contributed by atoms with Crippen LogP contribution in [0, 0.1) is 0 Å². The van der Waals surface area contributed by atoms with Crippen molar-refractivity contribution >= 4 is 28.4 Å². The van der Waals surface area contributed by atoms with Crippen molar-refractivity contribution in [1.29, 1.82) is 0 Å². The van der Waals surface area contributed by atoms with E-state index in [1.54, 1.807) is 60.7 Å². The number of benzene rings is 5. The highest BCUT2D eigenvalue weighted by Gasteiger charge is 2.50. The molecule has 1 aliphatic heterocycles. The molecule has 1 aliphatic carbocycles. The van der Waals surface area contributed by atoms with Crippen LogP contribution in [-0.4, -0.2) is 26.4 Å². The third-order valence-electron chi connectivity index (χ3n) is 9.74. The number of alkyl halides is 6. The summed E-state index contributed by atoms with van der Waals surface area (Å²) in [4.78, 5) is 0. The van der Waals surface area contributed by atoms with Crippen LogP contribution in [0.2, 0.25) is 5.02 Å². The van der Waals surface area contributed by atoms with Gasteiger partial charge in [0.05, 0.1) is 37.5 Å². The average Bonchev–Trinajstić information content (AvgIpc) is 3.33. The maximum Gasteiger partial charge on any atom is 0.416 e. The van der Waals surface area contributed by atoms with Crippen LogP contribution in [0.25, 0.3) is 28.0 Å². The average molecular weight is 727 g/mol. The van der Waals surface area contributed by atoms with Gasteiger partial charge in [0.2, 0.25) is 0 Å². The summed E-state index contributed by atoms with van der Waals surface area (Å²) in [5, 5.41) is 11.1. The van der Waals surface area contributed by atoms with Gasteiger partial charge in [0.1, 0.15) is 17.2 Å². The minimum Gasteiger partial charge on any atom is -0.504 e. The van der Waals surface area contributed by atoms with Crippen molar-refractivity contribution < 1.29 is 50.4 Å². The van der Waals surface area contributed by atoms with E-state index in [1.165, 1.54) is 41.2 Å². The topological polar surface area (TPSA) is 57.2 Å². The molecule has 0 saturated heterocycles. The molecule has 51 heavy (non-hydrogen) atoms. The fourth-order valence-electron chi connectivity index (χ4n) is 7.52. The maximum atomic E-state index is 14.7. The molecule has 5 aromatic rings. The van der Waals surface area contributed by atoms with E-state index in [4.69, 9.17) is 30.5 Å². The third kappa shape index (κ3) is 5.07. The number of fused-ring (bicyclic) bond motifs is 8. The quantitative estimate of drug-likeness (QED) is 0.183. The Morgan fingerprint density at radius 3 is 1.80 bits per heavy atom. The molecule has 2 aliphatic rings. The lowest BCUT2D eigenvalue weighted by Gasteiger charge is -2.38. The Morgan fingerprint density at radius 2 is 1.31 bits per heavy atom. The Kier molecular flexibility index (Phi) is 7.76. The second-order valence-electron chi connectivity index (χ2n) is 12.9. The van der Waals surface area contributed by atoms with Crippen LogP contribution in [0.5, 0.6) is 28.7 Å². The fourth-order valence-corrected chi connectivity index (χ4v) is 7.88. The highest BCUT2D eigenvalue weighted by molar-refractivity contribution is 6.39. The summed E-state index contributed by atoms with van der Waals surface area (Å²) in [5.74, 6) is 0.671. The molecule has 1 heterocycles. The Hall–Kier alpha value is -5.03. The van der Waals surface area contributed by atoms with Crippen LogP contribution in [-0.2, 0) is 23.4 Å². The second kappa shape index (κ2) is 11.5. The van der Waals surface area contributed by atoms with Gasteiger partial charge in [-0.2, -0.15) is 26.3 Å².